The first kappa shape index (κ1) is 14.2. The van der Waals surface area contributed by atoms with Crippen molar-refractivity contribution in [2.24, 2.45) is 5.92 Å². The highest BCUT2D eigenvalue weighted by Crippen LogP contribution is 2.34. The number of amides is 1. The maximum absolute atomic E-state index is 12.0. The van der Waals surface area contributed by atoms with Crippen LogP contribution in [0.5, 0.6) is 11.5 Å². The summed E-state index contributed by atoms with van der Waals surface area (Å²) >= 11 is 0. The summed E-state index contributed by atoms with van der Waals surface area (Å²) < 4.78 is 10.6. The summed E-state index contributed by atoms with van der Waals surface area (Å²) in [6.07, 6.45) is 3.01. The highest BCUT2D eigenvalue weighted by atomic mass is 16.7. The predicted octanol–water partition coefficient (Wildman–Crippen LogP) is 2.48. The van der Waals surface area contributed by atoms with Gasteiger partial charge >= 0.3 is 0 Å². The van der Waals surface area contributed by atoms with Crippen molar-refractivity contribution in [2.75, 3.05) is 31.7 Å². The van der Waals surface area contributed by atoms with Gasteiger partial charge < -0.3 is 19.7 Å². The number of hydrogen-bond acceptors (Lipinski definition) is 4. The third kappa shape index (κ3) is 3.67. The van der Waals surface area contributed by atoms with Gasteiger partial charge in [0.05, 0.1) is 0 Å². The van der Waals surface area contributed by atoms with Crippen LogP contribution in [0.1, 0.15) is 26.2 Å². The zero-order chi connectivity index (χ0) is 14.7. The zero-order valence-corrected chi connectivity index (χ0v) is 12.4. The monoisotopic (exact) mass is 290 g/mol. The van der Waals surface area contributed by atoms with E-state index in [9.17, 15) is 4.79 Å². The number of benzene rings is 1. The second kappa shape index (κ2) is 6.35. The van der Waals surface area contributed by atoms with Gasteiger partial charge in [0.1, 0.15) is 0 Å². The van der Waals surface area contributed by atoms with Gasteiger partial charge in [0, 0.05) is 24.7 Å². The first-order valence-corrected chi connectivity index (χ1v) is 7.62. The fourth-order valence-electron chi connectivity index (χ4n) is 2.74. The molecule has 1 aromatic carbocycles. The van der Waals surface area contributed by atoms with Crippen LogP contribution in [0.15, 0.2) is 18.2 Å². The van der Waals surface area contributed by atoms with E-state index in [1.54, 1.807) is 0 Å². The standard InChI is InChI=1S/C16H22N2O3/c1-12-4-7-18(8-5-12)9-6-16(19)17-13-2-3-14-15(10-13)21-11-20-14/h2-3,10,12H,4-9,11H2,1H3,(H,17,19). The maximum atomic E-state index is 12.0. The molecule has 1 amide bonds. The Morgan fingerprint density at radius 2 is 2.05 bits per heavy atom. The van der Waals surface area contributed by atoms with E-state index in [0.29, 0.717) is 12.2 Å². The number of carbonyl (C=O) groups excluding carboxylic acids is 1. The molecule has 0 atom stereocenters. The van der Waals surface area contributed by atoms with Crippen molar-refractivity contribution >= 4 is 11.6 Å². The van der Waals surface area contributed by atoms with Crippen LogP contribution in [-0.4, -0.2) is 37.2 Å². The van der Waals surface area contributed by atoms with Gasteiger partial charge in [0.15, 0.2) is 11.5 Å². The van der Waals surface area contributed by atoms with E-state index < -0.39 is 0 Å². The lowest BCUT2D eigenvalue weighted by atomic mass is 9.99. The van der Waals surface area contributed by atoms with Crippen LogP contribution in [0.25, 0.3) is 0 Å². The van der Waals surface area contributed by atoms with Crippen molar-refractivity contribution in [1.82, 2.24) is 4.90 Å². The van der Waals surface area contributed by atoms with Gasteiger partial charge in [0.25, 0.3) is 0 Å². The number of carbonyl (C=O) groups is 1. The number of rotatable bonds is 4. The van der Waals surface area contributed by atoms with Crippen LogP contribution < -0.4 is 14.8 Å². The molecule has 114 valence electrons. The van der Waals surface area contributed by atoms with Crippen LogP contribution in [0.3, 0.4) is 0 Å². The minimum absolute atomic E-state index is 0.0486. The van der Waals surface area contributed by atoms with Crippen molar-refractivity contribution in [1.29, 1.82) is 0 Å². The Kier molecular flexibility index (Phi) is 4.29. The number of ether oxygens (including phenoxy) is 2. The minimum atomic E-state index is 0.0486. The molecule has 0 saturated carbocycles. The molecule has 0 radical (unpaired) electrons. The lowest BCUT2D eigenvalue weighted by Crippen LogP contribution is -2.35. The van der Waals surface area contributed by atoms with Crippen LogP contribution in [0, 0.1) is 5.92 Å². The SMILES string of the molecule is CC1CCN(CCC(=O)Nc2ccc3c(c2)OCO3)CC1. The highest BCUT2D eigenvalue weighted by Gasteiger charge is 2.17. The number of anilines is 1. The summed E-state index contributed by atoms with van der Waals surface area (Å²) in [5.74, 6) is 2.30. The van der Waals surface area contributed by atoms with E-state index in [1.165, 1.54) is 12.8 Å². The fraction of sp³-hybridized carbons (Fsp3) is 0.562. The molecule has 2 aliphatic heterocycles. The van der Waals surface area contributed by atoms with Gasteiger partial charge in [-0.3, -0.25) is 4.79 Å². The van der Waals surface area contributed by atoms with Crippen molar-refractivity contribution in [3.63, 3.8) is 0 Å². The fourth-order valence-corrected chi connectivity index (χ4v) is 2.74. The van der Waals surface area contributed by atoms with E-state index >= 15 is 0 Å². The van der Waals surface area contributed by atoms with Crippen molar-refractivity contribution in [3.05, 3.63) is 18.2 Å². The van der Waals surface area contributed by atoms with Crippen LogP contribution in [0.2, 0.25) is 0 Å². The third-order valence-corrected chi connectivity index (χ3v) is 4.19. The Morgan fingerprint density at radius 1 is 1.29 bits per heavy atom. The first-order chi connectivity index (χ1) is 10.2. The summed E-state index contributed by atoms with van der Waals surface area (Å²) in [6.45, 7) is 5.60. The van der Waals surface area contributed by atoms with E-state index in [1.807, 2.05) is 18.2 Å². The van der Waals surface area contributed by atoms with Gasteiger partial charge in [-0.05, 0) is 44.0 Å². The molecule has 5 nitrogen and oxygen atoms in total. The second-order valence-electron chi connectivity index (χ2n) is 5.89. The van der Waals surface area contributed by atoms with Crippen molar-refractivity contribution in [2.45, 2.75) is 26.2 Å². The Balaban J connectivity index is 1.46. The van der Waals surface area contributed by atoms with E-state index in [2.05, 4.69) is 17.1 Å². The van der Waals surface area contributed by atoms with Gasteiger partial charge in [-0.25, -0.2) is 0 Å². The summed E-state index contributed by atoms with van der Waals surface area (Å²) in [5.41, 5.74) is 0.761. The first-order valence-electron chi connectivity index (χ1n) is 7.62. The van der Waals surface area contributed by atoms with Crippen LogP contribution in [0.4, 0.5) is 5.69 Å². The van der Waals surface area contributed by atoms with Crippen molar-refractivity contribution in [3.8, 4) is 11.5 Å². The lowest BCUT2D eigenvalue weighted by molar-refractivity contribution is -0.116. The molecule has 0 aliphatic carbocycles. The van der Waals surface area contributed by atoms with Crippen LogP contribution >= 0.6 is 0 Å². The number of piperidine rings is 1. The number of nitrogens with one attached hydrogen (secondary N) is 1. The average Bonchev–Trinajstić information content (AvgIpc) is 2.94. The zero-order valence-electron chi connectivity index (χ0n) is 12.4. The molecule has 0 spiro atoms. The second-order valence-corrected chi connectivity index (χ2v) is 5.89. The number of nitrogens with zero attached hydrogens (tertiary/aromatic N) is 1. The topological polar surface area (TPSA) is 50.8 Å². The average molecular weight is 290 g/mol. The summed E-state index contributed by atoms with van der Waals surface area (Å²) in [5, 5.41) is 2.92. The highest BCUT2D eigenvalue weighted by molar-refractivity contribution is 5.91. The molecule has 1 saturated heterocycles. The number of hydrogen-bond donors (Lipinski definition) is 1. The van der Waals surface area contributed by atoms with Gasteiger partial charge in [-0.2, -0.15) is 0 Å². The minimum Gasteiger partial charge on any atom is -0.454 e. The Labute approximate surface area is 125 Å². The van der Waals surface area contributed by atoms with Gasteiger partial charge in [-0.15, -0.1) is 0 Å². The summed E-state index contributed by atoms with van der Waals surface area (Å²) in [6, 6.07) is 5.47. The van der Waals surface area contributed by atoms with Crippen LogP contribution in [-0.2, 0) is 4.79 Å². The molecular formula is C16H22N2O3. The molecule has 1 fully saturated rings. The molecule has 0 bridgehead atoms. The molecule has 2 aliphatic rings. The summed E-state index contributed by atoms with van der Waals surface area (Å²) in [4.78, 5) is 14.4. The van der Waals surface area contributed by atoms with E-state index in [4.69, 9.17) is 9.47 Å². The number of fused-ring (bicyclic) bond motifs is 1. The van der Waals surface area contributed by atoms with E-state index in [-0.39, 0.29) is 12.7 Å². The number of likely N-dealkylation sites (tertiary alicyclic amines) is 1. The molecule has 21 heavy (non-hydrogen) atoms. The molecule has 5 heteroatoms. The molecule has 1 aromatic rings. The summed E-state index contributed by atoms with van der Waals surface area (Å²) in [7, 11) is 0. The largest absolute Gasteiger partial charge is 0.454 e. The molecule has 0 unspecified atom stereocenters. The smallest absolute Gasteiger partial charge is 0.231 e. The quantitative estimate of drug-likeness (QED) is 0.925. The molecule has 0 aromatic heterocycles. The normalized spacial score (nSPS) is 18.7. The van der Waals surface area contributed by atoms with Gasteiger partial charge in [-0.1, -0.05) is 6.92 Å². The molecule has 3 rings (SSSR count). The predicted molar refractivity (Wildman–Crippen MR) is 80.6 cm³/mol. The Hall–Kier alpha value is -1.75. The molecule has 1 N–H and O–H groups in total. The van der Waals surface area contributed by atoms with E-state index in [0.717, 1.165) is 37.0 Å². The van der Waals surface area contributed by atoms with Crippen molar-refractivity contribution < 1.29 is 14.3 Å². The third-order valence-electron chi connectivity index (χ3n) is 4.19. The molecule has 2 heterocycles. The Morgan fingerprint density at radius 3 is 2.86 bits per heavy atom. The van der Waals surface area contributed by atoms with Gasteiger partial charge in [0.2, 0.25) is 12.7 Å². The maximum Gasteiger partial charge on any atom is 0.231 e. The lowest BCUT2D eigenvalue weighted by Gasteiger charge is -2.29. The molecular weight excluding hydrogens is 268 g/mol. The Bertz CT molecular complexity index is 510.